The molecule has 0 aromatic heterocycles. The molecule has 0 radical (unpaired) electrons. The van der Waals surface area contributed by atoms with Crippen LogP contribution >= 0.6 is 0 Å². The largest absolute Gasteiger partial charge is 0.498 e. The van der Waals surface area contributed by atoms with Crippen molar-refractivity contribution in [3.63, 3.8) is 0 Å². The molecule has 2 aliphatic carbocycles. The molecule has 13 heavy (non-hydrogen) atoms. The van der Waals surface area contributed by atoms with Crippen LogP contribution in [0.1, 0.15) is 40.5 Å². The molecule has 2 unspecified atom stereocenters. The standard InChI is InChI=1S/C12H20O/c1-5-13-10-8-9-6-7-12(10,4)11(9,2)3/h8-9H,5-7H2,1-4H3. The van der Waals surface area contributed by atoms with Crippen molar-refractivity contribution in [2.45, 2.75) is 40.5 Å². The molecular weight excluding hydrogens is 160 g/mol. The highest BCUT2D eigenvalue weighted by Gasteiger charge is 2.58. The maximum absolute atomic E-state index is 5.74. The average Bonchev–Trinajstić information content (AvgIpc) is 2.37. The van der Waals surface area contributed by atoms with Crippen molar-refractivity contribution in [2.75, 3.05) is 6.61 Å². The molecule has 0 amide bonds. The van der Waals surface area contributed by atoms with Gasteiger partial charge in [0, 0.05) is 5.41 Å². The Hall–Kier alpha value is -0.460. The minimum Gasteiger partial charge on any atom is -0.498 e. The Labute approximate surface area is 81.2 Å². The summed E-state index contributed by atoms with van der Waals surface area (Å²) >= 11 is 0. The molecule has 0 aromatic rings. The molecule has 2 aliphatic rings. The van der Waals surface area contributed by atoms with Crippen molar-refractivity contribution in [3.8, 4) is 0 Å². The van der Waals surface area contributed by atoms with E-state index in [1.54, 1.807) is 0 Å². The molecule has 0 aliphatic heterocycles. The smallest absolute Gasteiger partial charge is 0.0987 e. The molecule has 0 heterocycles. The highest BCUT2D eigenvalue weighted by atomic mass is 16.5. The van der Waals surface area contributed by atoms with Gasteiger partial charge in [-0.1, -0.05) is 20.8 Å². The van der Waals surface area contributed by atoms with Crippen LogP contribution in [-0.4, -0.2) is 6.61 Å². The summed E-state index contributed by atoms with van der Waals surface area (Å²) in [6.45, 7) is 10.0. The Morgan fingerprint density at radius 2 is 2.15 bits per heavy atom. The van der Waals surface area contributed by atoms with Crippen molar-refractivity contribution >= 4 is 0 Å². The van der Waals surface area contributed by atoms with Gasteiger partial charge in [-0.2, -0.15) is 0 Å². The summed E-state index contributed by atoms with van der Waals surface area (Å²) in [4.78, 5) is 0. The summed E-state index contributed by atoms with van der Waals surface area (Å²) in [6.07, 6.45) is 5.02. The maximum Gasteiger partial charge on any atom is 0.0987 e. The Balaban J connectivity index is 2.32. The number of rotatable bonds is 2. The minimum absolute atomic E-state index is 0.313. The predicted molar refractivity (Wildman–Crippen MR) is 54.3 cm³/mol. The summed E-state index contributed by atoms with van der Waals surface area (Å²) in [7, 11) is 0. The summed E-state index contributed by atoms with van der Waals surface area (Å²) in [5.74, 6) is 2.01. The van der Waals surface area contributed by atoms with Crippen LogP contribution in [0, 0.1) is 16.7 Å². The van der Waals surface area contributed by atoms with Crippen molar-refractivity contribution < 1.29 is 4.74 Å². The van der Waals surface area contributed by atoms with Crippen LogP contribution in [0.4, 0.5) is 0 Å². The Morgan fingerprint density at radius 3 is 2.54 bits per heavy atom. The number of fused-ring (bicyclic) bond motifs is 2. The van der Waals surface area contributed by atoms with Crippen molar-refractivity contribution in [1.29, 1.82) is 0 Å². The molecule has 0 spiro atoms. The fourth-order valence-corrected chi connectivity index (χ4v) is 3.00. The van der Waals surface area contributed by atoms with Crippen LogP contribution in [0.15, 0.2) is 11.8 Å². The third kappa shape index (κ3) is 0.934. The molecule has 2 bridgehead atoms. The highest BCUT2D eigenvalue weighted by molar-refractivity contribution is 5.27. The Kier molecular flexibility index (Phi) is 1.77. The number of hydrogen-bond acceptors (Lipinski definition) is 1. The van der Waals surface area contributed by atoms with Crippen LogP contribution in [0.3, 0.4) is 0 Å². The van der Waals surface area contributed by atoms with Gasteiger partial charge in [0.1, 0.15) is 0 Å². The van der Waals surface area contributed by atoms with Gasteiger partial charge >= 0.3 is 0 Å². The number of hydrogen-bond donors (Lipinski definition) is 0. The Bertz CT molecular complexity index is 252. The van der Waals surface area contributed by atoms with E-state index in [-0.39, 0.29) is 0 Å². The summed E-state index contributed by atoms with van der Waals surface area (Å²) in [5, 5.41) is 0. The minimum atomic E-state index is 0.313. The first kappa shape index (κ1) is 9.11. The van der Waals surface area contributed by atoms with E-state index in [9.17, 15) is 0 Å². The van der Waals surface area contributed by atoms with Crippen LogP contribution in [0.2, 0.25) is 0 Å². The molecular formula is C12H20O. The fraction of sp³-hybridized carbons (Fsp3) is 0.833. The van der Waals surface area contributed by atoms with Crippen LogP contribution < -0.4 is 0 Å². The maximum atomic E-state index is 5.74. The van der Waals surface area contributed by atoms with Gasteiger partial charge in [0.05, 0.1) is 12.4 Å². The van der Waals surface area contributed by atoms with E-state index < -0.39 is 0 Å². The predicted octanol–water partition coefficient (Wildman–Crippen LogP) is 3.36. The monoisotopic (exact) mass is 180 g/mol. The second kappa shape index (κ2) is 2.52. The van der Waals surface area contributed by atoms with Crippen LogP contribution in [-0.2, 0) is 4.74 Å². The molecule has 0 saturated heterocycles. The second-order valence-corrected chi connectivity index (χ2v) is 5.16. The van der Waals surface area contributed by atoms with E-state index in [0.29, 0.717) is 10.8 Å². The molecule has 74 valence electrons. The van der Waals surface area contributed by atoms with Crippen molar-refractivity contribution in [2.24, 2.45) is 16.7 Å². The zero-order valence-corrected chi connectivity index (χ0v) is 9.18. The van der Waals surface area contributed by atoms with Gasteiger partial charge in [-0.25, -0.2) is 0 Å². The lowest BCUT2D eigenvalue weighted by atomic mass is 9.70. The summed E-state index contributed by atoms with van der Waals surface area (Å²) in [5.41, 5.74) is 0.727. The van der Waals surface area contributed by atoms with E-state index in [2.05, 4.69) is 33.8 Å². The van der Waals surface area contributed by atoms with E-state index >= 15 is 0 Å². The molecule has 1 saturated carbocycles. The second-order valence-electron chi connectivity index (χ2n) is 5.16. The quantitative estimate of drug-likeness (QED) is 0.633. The third-order valence-corrected chi connectivity index (χ3v) is 4.50. The van der Waals surface area contributed by atoms with Gasteiger partial charge in [0.25, 0.3) is 0 Å². The number of ether oxygens (including phenoxy) is 1. The molecule has 2 atom stereocenters. The lowest BCUT2D eigenvalue weighted by Gasteiger charge is -2.36. The zero-order valence-electron chi connectivity index (χ0n) is 9.18. The van der Waals surface area contributed by atoms with E-state index in [0.717, 1.165) is 12.5 Å². The van der Waals surface area contributed by atoms with Gasteiger partial charge in [0.15, 0.2) is 0 Å². The average molecular weight is 180 g/mol. The molecule has 1 nitrogen and oxygen atoms in total. The molecule has 0 N–H and O–H groups in total. The lowest BCUT2D eigenvalue weighted by molar-refractivity contribution is 0.0845. The van der Waals surface area contributed by atoms with Gasteiger partial charge < -0.3 is 4.74 Å². The first-order valence-corrected chi connectivity index (χ1v) is 5.37. The van der Waals surface area contributed by atoms with E-state index in [1.807, 2.05) is 0 Å². The van der Waals surface area contributed by atoms with Gasteiger partial charge in [-0.3, -0.25) is 0 Å². The topological polar surface area (TPSA) is 9.23 Å². The number of allylic oxidation sites excluding steroid dienone is 2. The van der Waals surface area contributed by atoms with Gasteiger partial charge in [-0.15, -0.1) is 0 Å². The SMILES string of the molecule is CCOC1=CC2CCC1(C)C2(C)C. The zero-order chi connectivity index (χ0) is 9.69. The van der Waals surface area contributed by atoms with Gasteiger partial charge in [-0.05, 0) is 37.2 Å². The van der Waals surface area contributed by atoms with Crippen molar-refractivity contribution in [3.05, 3.63) is 11.8 Å². The summed E-state index contributed by atoms with van der Waals surface area (Å²) in [6, 6.07) is 0. The van der Waals surface area contributed by atoms with Crippen LogP contribution in [0.25, 0.3) is 0 Å². The lowest BCUT2D eigenvalue weighted by Crippen LogP contribution is -2.30. The van der Waals surface area contributed by atoms with E-state index in [4.69, 9.17) is 4.74 Å². The summed E-state index contributed by atoms with van der Waals surface area (Å²) < 4.78 is 5.74. The highest BCUT2D eigenvalue weighted by Crippen LogP contribution is 2.65. The molecule has 1 fully saturated rings. The normalized spacial score (nSPS) is 40.6. The first-order chi connectivity index (χ1) is 6.02. The third-order valence-electron chi connectivity index (χ3n) is 4.50. The first-order valence-electron chi connectivity index (χ1n) is 5.37. The van der Waals surface area contributed by atoms with Crippen LogP contribution in [0.5, 0.6) is 0 Å². The fourth-order valence-electron chi connectivity index (χ4n) is 3.00. The van der Waals surface area contributed by atoms with Gasteiger partial charge in [0.2, 0.25) is 0 Å². The molecule has 0 aromatic carbocycles. The van der Waals surface area contributed by atoms with E-state index in [1.165, 1.54) is 18.6 Å². The Morgan fingerprint density at radius 1 is 1.46 bits per heavy atom. The molecule has 1 heteroatoms. The van der Waals surface area contributed by atoms with Crippen molar-refractivity contribution in [1.82, 2.24) is 0 Å². The molecule has 2 rings (SSSR count).